The van der Waals surface area contributed by atoms with E-state index in [1.807, 2.05) is 17.5 Å². The summed E-state index contributed by atoms with van der Waals surface area (Å²) in [5, 5.41) is 10.2. The summed E-state index contributed by atoms with van der Waals surface area (Å²) in [6.07, 6.45) is 0. The van der Waals surface area contributed by atoms with Crippen molar-refractivity contribution in [2.45, 2.75) is 12.1 Å². The highest BCUT2D eigenvalue weighted by atomic mass is 32.2. The predicted molar refractivity (Wildman–Crippen MR) is 110 cm³/mol. The van der Waals surface area contributed by atoms with Crippen LogP contribution in [0, 0.1) is 0 Å². The van der Waals surface area contributed by atoms with E-state index in [2.05, 4.69) is 10.2 Å². The summed E-state index contributed by atoms with van der Waals surface area (Å²) in [5.41, 5.74) is 0.535. The van der Waals surface area contributed by atoms with Crippen molar-refractivity contribution in [3.8, 4) is 16.5 Å². The van der Waals surface area contributed by atoms with Gasteiger partial charge in [0.1, 0.15) is 12.3 Å². The highest BCUT2D eigenvalue weighted by Crippen LogP contribution is 2.27. The highest BCUT2D eigenvalue weighted by molar-refractivity contribution is 7.99. The summed E-state index contributed by atoms with van der Waals surface area (Å²) < 4.78 is 15.8. The zero-order valence-corrected chi connectivity index (χ0v) is 17.5. The average molecular weight is 434 g/mol. The molecular weight excluding hydrogens is 414 g/mol. The number of thioether (sulfide) groups is 1. The molecule has 0 aliphatic heterocycles. The van der Waals surface area contributed by atoms with E-state index in [9.17, 15) is 9.59 Å². The Hall–Kier alpha value is -2.85. The minimum atomic E-state index is -0.494. The smallest absolute Gasteiger partial charge is 0.326 e. The van der Waals surface area contributed by atoms with Crippen LogP contribution in [0.4, 0.5) is 5.69 Å². The van der Waals surface area contributed by atoms with Gasteiger partial charge >= 0.3 is 5.97 Å². The maximum Gasteiger partial charge on any atom is 0.326 e. The Labute approximate surface area is 175 Å². The summed E-state index contributed by atoms with van der Waals surface area (Å²) in [7, 11) is 1.53. The number of rotatable bonds is 9. The van der Waals surface area contributed by atoms with Crippen molar-refractivity contribution < 1.29 is 23.5 Å². The maximum atomic E-state index is 12.9. The summed E-state index contributed by atoms with van der Waals surface area (Å²) in [6.45, 7) is 1.75. The number of aromatic nitrogens is 2. The SMILES string of the molecule is CCOC(=O)CN(C(=O)CSc1nnc(-c2cccs2)o1)c1cccc(OC)c1. The Balaban J connectivity index is 1.71. The number of anilines is 1. The number of nitrogens with zero attached hydrogens (tertiary/aromatic N) is 3. The maximum absolute atomic E-state index is 12.9. The fourth-order valence-electron chi connectivity index (χ4n) is 2.41. The van der Waals surface area contributed by atoms with Crippen molar-refractivity contribution >= 4 is 40.7 Å². The molecule has 0 aliphatic rings. The molecular formula is C19H19N3O5S2. The quantitative estimate of drug-likeness (QED) is 0.374. The van der Waals surface area contributed by atoms with Crippen LogP contribution < -0.4 is 9.64 Å². The molecule has 0 atom stereocenters. The molecule has 10 heteroatoms. The molecule has 2 heterocycles. The van der Waals surface area contributed by atoms with Gasteiger partial charge in [-0.2, -0.15) is 0 Å². The number of hydrogen-bond acceptors (Lipinski definition) is 9. The molecule has 0 N–H and O–H groups in total. The van der Waals surface area contributed by atoms with Crippen LogP contribution in [0.2, 0.25) is 0 Å². The topological polar surface area (TPSA) is 94.8 Å². The van der Waals surface area contributed by atoms with Gasteiger partial charge in [-0.15, -0.1) is 21.5 Å². The Morgan fingerprint density at radius 2 is 2.10 bits per heavy atom. The zero-order chi connectivity index (χ0) is 20.6. The molecule has 1 amide bonds. The highest BCUT2D eigenvalue weighted by Gasteiger charge is 2.22. The van der Waals surface area contributed by atoms with Crippen LogP contribution in [-0.2, 0) is 14.3 Å². The van der Waals surface area contributed by atoms with Crippen LogP contribution in [0.3, 0.4) is 0 Å². The lowest BCUT2D eigenvalue weighted by Crippen LogP contribution is -2.37. The van der Waals surface area contributed by atoms with Crippen LogP contribution in [0.5, 0.6) is 5.75 Å². The zero-order valence-electron chi connectivity index (χ0n) is 15.9. The van der Waals surface area contributed by atoms with Crippen LogP contribution in [-0.4, -0.2) is 48.1 Å². The van der Waals surface area contributed by atoms with Crippen molar-refractivity contribution in [3.05, 3.63) is 41.8 Å². The summed E-state index contributed by atoms with van der Waals surface area (Å²) in [5.74, 6) is 0.210. The number of ether oxygens (including phenoxy) is 2. The molecule has 8 nitrogen and oxygen atoms in total. The molecule has 0 spiro atoms. The van der Waals surface area contributed by atoms with Gasteiger partial charge in [0, 0.05) is 11.8 Å². The fraction of sp³-hybridized carbons (Fsp3) is 0.263. The average Bonchev–Trinajstić information content (AvgIpc) is 3.42. The molecule has 3 aromatic rings. The Morgan fingerprint density at radius 1 is 1.24 bits per heavy atom. The molecule has 1 aromatic carbocycles. The molecule has 2 aromatic heterocycles. The molecule has 0 saturated heterocycles. The molecule has 29 heavy (non-hydrogen) atoms. The molecule has 0 saturated carbocycles. The van der Waals surface area contributed by atoms with Gasteiger partial charge in [0.25, 0.3) is 11.1 Å². The van der Waals surface area contributed by atoms with Gasteiger partial charge in [0.05, 0.1) is 24.3 Å². The number of methoxy groups -OCH3 is 1. The van der Waals surface area contributed by atoms with Gasteiger partial charge in [0.15, 0.2) is 0 Å². The minimum Gasteiger partial charge on any atom is -0.497 e. The molecule has 0 fully saturated rings. The lowest BCUT2D eigenvalue weighted by atomic mass is 10.2. The van der Waals surface area contributed by atoms with E-state index < -0.39 is 5.97 Å². The fourth-order valence-corrected chi connectivity index (χ4v) is 3.69. The summed E-state index contributed by atoms with van der Waals surface area (Å²) in [6, 6.07) is 10.7. The standard InChI is InChI=1S/C19H19N3O5S2/c1-3-26-17(24)11-22(13-6-4-7-14(10-13)25-2)16(23)12-29-19-21-20-18(27-19)15-8-5-9-28-15/h4-10H,3,11-12H2,1-2H3. The van der Waals surface area contributed by atoms with Gasteiger partial charge in [-0.3, -0.25) is 9.59 Å². The van der Waals surface area contributed by atoms with E-state index in [1.54, 1.807) is 31.2 Å². The normalized spacial score (nSPS) is 10.6. The van der Waals surface area contributed by atoms with E-state index in [0.29, 0.717) is 17.3 Å². The second-order valence-corrected chi connectivity index (χ2v) is 7.50. The van der Waals surface area contributed by atoms with E-state index in [1.165, 1.54) is 23.3 Å². The Morgan fingerprint density at radius 3 is 2.83 bits per heavy atom. The first-order valence-electron chi connectivity index (χ1n) is 8.71. The van der Waals surface area contributed by atoms with Gasteiger partial charge < -0.3 is 18.8 Å². The van der Waals surface area contributed by atoms with Crippen LogP contribution >= 0.6 is 23.1 Å². The number of carbonyl (C=O) groups is 2. The number of benzene rings is 1. The number of amides is 1. The molecule has 3 rings (SSSR count). The molecule has 0 unspecified atom stereocenters. The monoisotopic (exact) mass is 433 g/mol. The van der Waals surface area contributed by atoms with E-state index in [4.69, 9.17) is 13.9 Å². The first-order valence-corrected chi connectivity index (χ1v) is 10.6. The number of carbonyl (C=O) groups excluding carboxylic acids is 2. The molecule has 0 aliphatic carbocycles. The van der Waals surface area contributed by atoms with Crippen molar-refractivity contribution in [2.75, 3.05) is 30.9 Å². The Bertz CT molecular complexity index is 958. The van der Waals surface area contributed by atoms with Crippen molar-refractivity contribution in [1.29, 1.82) is 0 Å². The third-order valence-corrected chi connectivity index (χ3v) is 5.38. The number of esters is 1. The van der Waals surface area contributed by atoms with Gasteiger partial charge in [-0.05, 0) is 30.5 Å². The van der Waals surface area contributed by atoms with Gasteiger partial charge in [0.2, 0.25) is 5.91 Å². The first kappa shape index (κ1) is 20.9. The second kappa shape index (κ2) is 10.1. The van der Waals surface area contributed by atoms with E-state index >= 15 is 0 Å². The number of thiophene rings is 1. The molecule has 0 bridgehead atoms. The second-order valence-electron chi connectivity index (χ2n) is 5.63. The summed E-state index contributed by atoms with van der Waals surface area (Å²) in [4.78, 5) is 27.1. The summed E-state index contributed by atoms with van der Waals surface area (Å²) >= 11 is 2.60. The molecule has 0 radical (unpaired) electrons. The van der Waals surface area contributed by atoms with Gasteiger partial charge in [-0.25, -0.2) is 0 Å². The predicted octanol–water partition coefficient (Wildman–Crippen LogP) is 3.50. The largest absolute Gasteiger partial charge is 0.497 e. The van der Waals surface area contributed by atoms with Gasteiger partial charge in [-0.1, -0.05) is 23.9 Å². The Kier molecular flexibility index (Phi) is 7.25. The van der Waals surface area contributed by atoms with E-state index in [-0.39, 0.29) is 30.0 Å². The van der Waals surface area contributed by atoms with Crippen LogP contribution in [0.15, 0.2) is 51.4 Å². The van der Waals surface area contributed by atoms with Crippen molar-refractivity contribution in [3.63, 3.8) is 0 Å². The van der Waals surface area contributed by atoms with Crippen molar-refractivity contribution in [2.24, 2.45) is 0 Å². The third kappa shape index (κ3) is 5.58. The lowest BCUT2D eigenvalue weighted by Gasteiger charge is -2.22. The van der Waals surface area contributed by atoms with E-state index in [0.717, 1.165) is 16.6 Å². The van der Waals surface area contributed by atoms with Crippen LogP contribution in [0.25, 0.3) is 10.8 Å². The third-order valence-electron chi connectivity index (χ3n) is 3.72. The molecule has 152 valence electrons. The number of hydrogen-bond donors (Lipinski definition) is 0. The minimum absolute atomic E-state index is 0.0166. The van der Waals surface area contributed by atoms with Crippen LogP contribution in [0.1, 0.15) is 6.92 Å². The lowest BCUT2D eigenvalue weighted by molar-refractivity contribution is -0.142. The first-order chi connectivity index (χ1) is 14.1. The van der Waals surface area contributed by atoms with Crippen molar-refractivity contribution in [1.82, 2.24) is 10.2 Å².